The monoisotopic (exact) mass is 694 g/mol. The Balaban J connectivity index is 1.27. The number of rotatable bonds is 4. The first-order valence-corrected chi connectivity index (χ1v) is 19.5. The molecule has 6 aromatic rings. The lowest BCUT2D eigenvalue weighted by molar-refractivity contribution is 0.588. The summed E-state index contributed by atoms with van der Waals surface area (Å²) in [4.78, 5) is 14.9. The lowest BCUT2D eigenvalue weighted by atomic mass is 9.67. The zero-order chi connectivity index (χ0) is 36.5. The largest absolute Gasteiger partial charge is 0.326 e. The van der Waals surface area contributed by atoms with Crippen LogP contribution in [0.1, 0.15) is 98.9 Å². The number of anilines is 4. The Bertz CT molecular complexity index is 2190. The molecule has 0 spiro atoms. The van der Waals surface area contributed by atoms with Gasteiger partial charge in [0.2, 0.25) is 0 Å². The molecule has 2 aliphatic heterocycles. The number of hydrogen-bond acceptors (Lipinski definition) is 4. The summed E-state index contributed by atoms with van der Waals surface area (Å²) in [7, 11) is 0. The zero-order valence-corrected chi connectivity index (χ0v) is 32.1. The molecule has 4 heteroatoms. The van der Waals surface area contributed by atoms with E-state index in [-0.39, 0.29) is 10.8 Å². The van der Waals surface area contributed by atoms with Crippen molar-refractivity contribution < 1.29 is 0 Å². The normalized spacial score (nSPS) is 16.1. The summed E-state index contributed by atoms with van der Waals surface area (Å²) in [6.07, 6.45) is 8.33. The van der Waals surface area contributed by atoms with Gasteiger partial charge < -0.3 is 9.80 Å². The van der Waals surface area contributed by atoms with Crippen molar-refractivity contribution in [2.24, 2.45) is 0 Å². The van der Waals surface area contributed by atoms with Crippen LogP contribution in [0.15, 0.2) is 122 Å². The predicted octanol–water partition coefficient (Wildman–Crippen LogP) is 11.6. The summed E-state index contributed by atoms with van der Waals surface area (Å²) in [5, 5.41) is 0. The molecule has 9 rings (SSSR count). The Labute approximate surface area is 315 Å². The SMILES string of the molecule is CC(C)(C)c1ccnc(N2CCCc3ccc(C4(c5ccc6c(c5)N(c5cc(C(C)(C)C)ccn5)CCC6)c5ccccc5-c5ccccc54)cc32)c1. The van der Waals surface area contributed by atoms with Crippen molar-refractivity contribution >= 4 is 23.0 Å². The maximum atomic E-state index is 4.97. The van der Waals surface area contributed by atoms with Gasteiger partial charge in [-0.25, -0.2) is 9.97 Å². The van der Waals surface area contributed by atoms with Crippen molar-refractivity contribution in [1.82, 2.24) is 9.97 Å². The molecule has 0 saturated heterocycles. The van der Waals surface area contributed by atoms with Crippen LogP contribution >= 0.6 is 0 Å². The molecule has 0 bridgehead atoms. The van der Waals surface area contributed by atoms with Gasteiger partial charge in [-0.05, 0) is 129 Å². The molecule has 0 fully saturated rings. The number of benzene rings is 4. The van der Waals surface area contributed by atoms with Crippen LogP contribution in [0.25, 0.3) is 11.1 Å². The number of fused-ring (bicyclic) bond motifs is 5. The molecule has 266 valence electrons. The topological polar surface area (TPSA) is 32.3 Å². The van der Waals surface area contributed by atoms with Crippen LogP contribution in [-0.2, 0) is 29.1 Å². The molecule has 0 saturated carbocycles. The standard InChI is InChI=1S/C49H50N4/c1-47(2,3)35-23-25-50-45(31-35)52-27-11-13-33-19-21-37(29-43(33)52)49(41-17-9-7-15-39(41)40-16-8-10-18-42(40)49)38-22-20-34-14-12-28-53(44(34)30-38)46-32-36(24-26-51-46)48(4,5)6/h7-10,15-26,29-32H,11-14,27-28H2,1-6H3. The van der Waals surface area contributed by atoms with E-state index in [9.17, 15) is 0 Å². The summed E-state index contributed by atoms with van der Waals surface area (Å²) < 4.78 is 0. The van der Waals surface area contributed by atoms with Gasteiger partial charge in [-0.15, -0.1) is 0 Å². The Morgan fingerprint density at radius 3 is 1.38 bits per heavy atom. The second-order valence-electron chi connectivity index (χ2n) is 17.3. The van der Waals surface area contributed by atoms with E-state index in [2.05, 4.69) is 161 Å². The van der Waals surface area contributed by atoms with Gasteiger partial charge >= 0.3 is 0 Å². The van der Waals surface area contributed by atoms with Crippen molar-refractivity contribution in [2.75, 3.05) is 22.9 Å². The van der Waals surface area contributed by atoms with Gasteiger partial charge in [-0.1, -0.05) is 114 Å². The van der Waals surface area contributed by atoms with Gasteiger partial charge in [0, 0.05) is 36.9 Å². The van der Waals surface area contributed by atoms with Crippen molar-refractivity contribution in [3.05, 3.63) is 166 Å². The number of pyridine rings is 2. The molecular formula is C49H50N4. The fourth-order valence-corrected chi connectivity index (χ4v) is 9.18. The number of nitrogens with zero attached hydrogens (tertiary/aromatic N) is 4. The first kappa shape index (κ1) is 33.6. The second kappa shape index (κ2) is 12.4. The molecule has 0 atom stereocenters. The lowest BCUT2D eigenvalue weighted by Gasteiger charge is -2.38. The number of aryl methyl sites for hydroxylation is 2. The van der Waals surface area contributed by atoms with Gasteiger partial charge in [0.1, 0.15) is 11.6 Å². The maximum Gasteiger partial charge on any atom is 0.133 e. The third-order valence-corrected chi connectivity index (χ3v) is 12.0. The van der Waals surface area contributed by atoms with Crippen molar-refractivity contribution in [3.63, 3.8) is 0 Å². The molecule has 1 aliphatic carbocycles. The molecule has 0 radical (unpaired) electrons. The first-order chi connectivity index (χ1) is 25.5. The van der Waals surface area contributed by atoms with Crippen LogP contribution < -0.4 is 9.80 Å². The quantitative estimate of drug-likeness (QED) is 0.184. The molecule has 4 nitrogen and oxygen atoms in total. The molecule has 0 unspecified atom stereocenters. The highest BCUT2D eigenvalue weighted by atomic mass is 15.2. The maximum absolute atomic E-state index is 4.97. The summed E-state index contributed by atoms with van der Waals surface area (Å²) >= 11 is 0. The van der Waals surface area contributed by atoms with E-state index < -0.39 is 5.41 Å². The van der Waals surface area contributed by atoms with E-state index in [1.807, 2.05) is 12.4 Å². The van der Waals surface area contributed by atoms with Crippen molar-refractivity contribution in [3.8, 4) is 11.1 Å². The first-order valence-electron chi connectivity index (χ1n) is 19.5. The van der Waals surface area contributed by atoms with Crippen LogP contribution in [0.4, 0.5) is 23.0 Å². The van der Waals surface area contributed by atoms with Crippen molar-refractivity contribution in [1.29, 1.82) is 0 Å². The second-order valence-corrected chi connectivity index (χ2v) is 17.3. The van der Waals surface area contributed by atoms with E-state index in [0.29, 0.717) is 0 Å². The Hall–Kier alpha value is -5.22. The molecule has 4 heterocycles. The molecular weight excluding hydrogens is 645 g/mol. The van der Waals surface area contributed by atoms with Gasteiger partial charge in [-0.3, -0.25) is 0 Å². The number of hydrogen-bond donors (Lipinski definition) is 0. The minimum Gasteiger partial charge on any atom is -0.326 e. The Kier molecular flexibility index (Phi) is 7.89. The number of aromatic nitrogens is 2. The summed E-state index contributed by atoms with van der Waals surface area (Å²) in [6.45, 7) is 15.6. The van der Waals surface area contributed by atoms with Crippen molar-refractivity contribution in [2.45, 2.75) is 83.5 Å². The van der Waals surface area contributed by atoms with Gasteiger partial charge in [0.15, 0.2) is 0 Å². The van der Waals surface area contributed by atoms with Gasteiger partial charge in [-0.2, -0.15) is 0 Å². The van der Waals surface area contributed by atoms with E-state index in [1.165, 1.54) is 67.0 Å². The Morgan fingerprint density at radius 1 is 0.509 bits per heavy atom. The highest BCUT2D eigenvalue weighted by Crippen LogP contribution is 2.57. The van der Waals surface area contributed by atoms with Crippen LogP contribution in [-0.4, -0.2) is 23.1 Å². The molecule has 53 heavy (non-hydrogen) atoms. The predicted molar refractivity (Wildman–Crippen MR) is 220 cm³/mol. The molecule has 3 aliphatic rings. The van der Waals surface area contributed by atoms with Crippen LogP contribution in [0.5, 0.6) is 0 Å². The van der Waals surface area contributed by atoms with Crippen LogP contribution in [0.3, 0.4) is 0 Å². The van der Waals surface area contributed by atoms with Gasteiger partial charge in [0.05, 0.1) is 5.41 Å². The fraction of sp³-hybridized carbons (Fsp3) is 0.306. The lowest BCUT2D eigenvalue weighted by Crippen LogP contribution is -2.32. The smallest absolute Gasteiger partial charge is 0.133 e. The third kappa shape index (κ3) is 5.48. The van der Waals surface area contributed by atoms with E-state index >= 15 is 0 Å². The summed E-state index contributed by atoms with van der Waals surface area (Å²) in [6, 6.07) is 41.8. The van der Waals surface area contributed by atoms with E-state index in [4.69, 9.17) is 9.97 Å². The van der Waals surface area contributed by atoms with Crippen LogP contribution in [0.2, 0.25) is 0 Å². The molecule has 4 aromatic carbocycles. The molecule has 0 N–H and O–H groups in total. The highest BCUT2D eigenvalue weighted by Gasteiger charge is 2.47. The average Bonchev–Trinajstić information content (AvgIpc) is 3.47. The highest BCUT2D eigenvalue weighted by molar-refractivity contribution is 5.87. The fourth-order valence-electron chi connectivity index (χ4n) is 9.18. The summed E-state index contributed by atoms with van der Waals surface area (Å²) in [5.41, 5.74) is 15.4. The zero-order valence-electron chi connectivity index (χ0n) is 32.1. The Morgan fingerprint density at radius 2 is 0.943 bits per heavy atom. The molecule has 0 amide bonds. The summed E-state index contributed by atoms with van der Waals surface area (Å²) in [5.74, 6) is 2.07. The molecule has 2 aromatic heterocycles. The van der Waals surface area contributed by atoms with E-state index in [1.54, 1.807) is 0 Å². The van der Waals surface area contributed by atoms with Gasteiger partial charge in [0.25, 0.3) is 0 Å². The average molecular weight is 695 g/mol. The van der Waals surface area contributed by atoms with Crippen LogP contribution in [0, 0.1) is 0 Å². The van der Waals surface area contributed by atoms with E-state index in [0.717, 1.165) is 50.4 Å². The third-order valence-electron chi connectivity index (χ3n) is 12.0. The minimum atomic E-state index is -0.509. The minimum absolute atomic E-state index is 0.0450.